The average Bonchev–Trinajstić information content (AvgIpc) is 2.31. The summed E-state index contributed by atoms with van der Waals surface area (Å²) in [4.78, 5) is 5.31. The molecule has 2 saturated heterocycles. The third kappa shape index (κ3) is 3.46. The van der Waals surface area contributed by atoms with Crippen molar-refractivity contribution in [3.8, 4) is 0 Å². The second-order valence-corrected chi connectivity index (χ2v) is 6.89. The highest BCUT2D eigenvalue weighted by Gasteiger charge is 2.33. The molecule has 2 rings (SSSR count). The van der Waals surface area contributed by atoms with Gasteiger partial charge in [-0.25, -0.2) is 0 Å². The summed E-state index contributed by atoms with van der Waals surface area (Å²) in [5, 5.41) is 3.68. The molecule has 2 fully saturated rings. The van der Waals surface area contributed by atoms with E-state index in [1.54, 1.807) is 0 Å². The molecule has 0 aromatic carbocycles. The number of piperidine rings is 1. The number of likely N-dealkylation sites (N-methyl/N-ethyl adjacent to an activating group) is 1. The Hall–Kier alpha value is -0.120. The largest absolute Gasteiger partial charge is 0.309 e. The topological polar surface area (TPSA) is 18.5 Å². The molecule has 0 spiro atoms. The highest BCUT2D eigenvalue weighted by molar-refractivity contribution is 4.93. The fourth-order valence-corrected chi connectivity index (χ4v) is 3.48. The van der Waals surface area contributed by atoms with Gasteiger partial charge in [0.25, 0.3) is 0 Å². The van der Waals surface area contributed by atoms with Crippen LogP contribution in [0, 0.1) is 0 Å². The number of hydrogen-bond acceptors (Lipinski definition) is 3. The fourth-order valence-electron chi connectivity index (χ4n) is 3.48. The Morgan fingerprint density at radius 3 is 2.67 bits per heavy atom. The van der Waals surface area contributed by atoms with Gasteiger partial charge in [-0.05, 0) is 46.7 Å². The summed E-state index contributed by atoms with van der Waals surface area (Å²) >= 11 is 0. The predicted octanol–water partition coefficient (Wildman–Crippen LogP) is 1.93. The van der Waals surface area contributed by atoms with Crippen molar-refractivity contribution < 1.29 is 0 Å². The first kappa shape index (κ1) is 14.3. The number of piperazine rings is 1. The molecule has 0 bridgehead atoms. The van der Waals surface area contributed by atoms with E-state index >= 15 is 0 Å². The van der Waals surface area contributed by atoms with E-state index in [0.717, 1.165) is 18.6 Å². The molecular formula is C15H31N3. The van der Waals surface area contributed by atoms with Gasteiger partial charge in [0.15, 0.2) is 0 Å². The normalized spacial score (nSPS) is 34.7. The lowest BCUT2D eigenvalue weighted by Crippen LogP contribution is -2.63. The smallest absolute Gasteiger partial charge is 0.0252 e. The zero-order chi connectivity index (χ0) is 13.2. The van der Waals surface area contributed by atoms with Crippen LogP contribution in [0.15, 0.2) is 0 Å². The molecule has 2 atom stereocenters. The van der Waals surface area contributed by atoms with Crippen molar-refractivity contribution in [2.45, 2.75) is 64.1 Å². The van der Waals surface area contributed by atoms with E-state index in [0.29, 0.717) is 0 Å². The first-order valence-electron chi connectivity index (χ1n) is 7.71. The quantitative estimate of drug-likeness (QED) is 0.829. The third-order valence-corrected chi connectivity index (χ3v) is 4.77. The van der Waals surface area contributed by atoms with Crippen LogP contribution in [0.3, 0.4) is 0 Å². The predicted molar refractivity (Wildman–Crippen MR) is 78.0 cm³/mol. The molecule has 0 aliphatic carbocycles. The molecule has 0 radical (unpaired) electrons. The van der Waals surface area contributed by atoms with Crippen molar-refractivity contribution in [1.29, 1.82) is 0 Å². The van der Waals surface area contributed by atoms with Crippen molar-refractivity contribution in [3.05, 3.63) is 0 Å². The molecule has 106 valence electrons. The first-order valence-corrected chi connectivity index (χ1v) is 7.71. The van der Waals surface area contributed by atoms with Gasteiger partial charge in [-0.3, -0.25) is 4.90 Å². The van der Waals surface area contributed by atoms with Crippen LogP contribution in [0.4, 0.5) is 0 Å². The molecule has 3 heteroatoms. The molecule has 0 amide bonds. The maximum atomic E-state index is 3.68. The van der Waals surface area contributed by atoms with Gasteiger partial charge in [0.1, 0.15) is 0 Å². The number of likely N-dealkylation sites (tertiary alicyclic amines) is 1. The maximum absolute atomic E-state index is 3.68. The number of rotatable bonds is 3. The molecule has 2 heterocycles. The molecule has 2 unspecified atom stereocenters. The Labute approximate surface area is 113 Å². The van der Waals surface area contributed by atoms with E-state index in [2.05, 4.69) is 42.9 Å². The highest BCUT2D eigenvalue weighted by Crippen LogP contribution is 2.21. The van der Waals surface area contributed by atoms with Gasteiger partial charge in [-0.15, -0.1) is 0 Å². The van der Waals surface area contributed by atoms with Crippen molar-refractivity contribution in [1.82, 2.24) is 15.1 Å². The summed E-state index contributed by atoms with van der Waals surface area (Å²) in [6.07, 6.45) is 5.45. The van der Waals surface area contributed by atoms with E-state index in [1.807, 2.05) is 0 Å². The van der Waals surface area contributed by atoms with Gasteiger partial charge in [0.2, 0.25) is 0 Å². The minimum Gasteiger partial charge on any atom is -0.309 e. The molecule has 1 N–H and O–H groups in total. The van der Waals surface area contributed by atoms with Gasteiger partial charge >= 0.3 is 0 Å². The van der Waals surface area contributed by atoms with Gasteiger partial charge in [0, 0.05) is 37.3 Å². The Balaban J connectivity index is 1.95. The molecule has 18 heavy (non-hydrogen) atoms. The lowest BCUT2D eigenvalue weighted by molar-refractivity contribution is 0.0515. The lowest BCUT2D eigenvalue weighted by atomic mass is 9.95. The van der Waals surface area contributed by atoms with E-state index in [1.165, 1.54) is 45.3 Å². The molecule has 0 saturated carbocycles. The number of nitrogens with one attached hydrogen (secondary N) is 1. The van der Waals surface area contributed by atoms with Crippen molar-refractivity contribution in [2.75, 3.05) is 33.2 Å². The van der Waals surface area contributed by atoms with Crippen LogP contribution in [-0.2, 0) is 0 Å². The Morgan fingerprint density at radius 1 is 1.22 bits per heavy atom. The number of hydrogen-bond donors (Lipinski definition) is 1. The molecule has 3 nitrogen and oxygen atoms in total. The third-order valence-electron chi connectivity index (χ3n) is 4.77. The lowest BCUT2D eigenvalue weighted by Gasteiger charge is -2.47. The minimum absolute atomic E-state index is 0.277. The average molecular weight is 253 g/mol. The summed E-state index contributed by atoms with van der Waals surface area (Å²) in [7, 11) is 2.30. The summed E-state index contributed by atoms with van der Waals surface area (Å²) in [5.41, 5.74) is 0.277. The van der Waals surface area contributed by atoms with Crippen LogP contribution >= 0.6 is 0 Å². The van der Waals surface area contributed by atoms with Gasteiger partial charge in [-0.2, -0.15) is 0 Å². The standard InChI is InChI=1S/C15H31N3/c1-5-13-10-16-15(2,3)12-18(13)11-14-8-6-7-9-17(14)4/h13-14,16H,5-12H2,1-4H3. The molecule has 0 aromatic rings. The van der Waals surface area contributed by atoms with Crippen LogP contribution in [0.2, 0.25) is 0 Å². The SMILES string of the molecule is CCC1CNC(C)(C)CN1CC1CCCCN1C. The summed E-state index contributed by atoms with van der Waals surface area (Å²) in [6.45, 7) is 11.9. The maximum Gasteiger partial charge on any atom is 0.0252 e. The van der Waals surface area contributed by atoms with Crippen molar-refractivity contribution >= 4 is 0 Å². The van der Waals surface area contributed by atoms with Crippen LogP contribution in [0.25, 0.3) is 0 Å². The van der Waals surface area contributed by atoms with Crippen LogP contribution in [0.1, 0.15) is 46.5 Å². The van der Waals surface area contributed by atoms with Gasteiger partial charge in [0.05, 0.1) is 0 Å². The Bertz CT molecular complexity index is 264. The second-order valence-electron chi connectivity index (χ2n) is 6.89. The van der Waals surface area contributed by atoms with Crippen molar-refractivity contribution in [3.63, 3.8) is 0 Å². The molecule has 2 aliphatic rings. The van der Waals surface area contributed by atoms with Crippen LogP contribution < -0.4 is 5.32 Å². The minimum atomic E-state index is 0.277. The summed E-state index contributed by atoms with van der Waals surface area (Å²) in [6, 6.07) is 1.51. The highest BCUT2D eigenvalue weighted by atomic mass is 15.3. The summed E-state index contributed by atoms with van der Waals surface area (Å²) < 4.78 is 0. The van der Waals surface area contributed by atoms with Crippen LogP contribution in [-0.4, -0.2) is 60.6 Å². The van der Waals surface area contributed by atoms with Crippen molar-refractivity contribution in [2.24, 2.45) is 0 Å². The summed E-state index contributed by atoms with van der Waals surface area (Å²) in [5.74, 6) is 0. The number of nitrogens with zero attached hydrogens (tertiary/aromatic N) is 2. The van der Waals surface area contributed by atoms with E-state index < -0.39 is 0 Å². The van der Waals surface area contributed by atoms with E-state index in [9.17, 15) is 0 Å². The van der Waals surface area contributed by atoms with Gasteiger partial charge in [-0.1, -0.05) is 13.3 Å². The molecule has 0 aromatic heterocycles. The molecular weight excluding hydrogens is 222 g/mol. The Kier molecular flexibility index (Phi) is 4.68. The van der Waals surface area contributed by atoms with E-state index in [4.69, 9.17) is 0 Å². The second kappa shape index (κ2) is 5.89. The van der Waals surface area contributed by atoms with E-state index in [-0.39, 0.29) is 5.54 Å². The zero-order valence-corrected chi connectivity index (χ0v) is 12.7. The monoisotopic (exact) mass is 253 g/mol. The van der Waals surface area contributed by atoms with Gasteiger partial charge < -0.3 is 10.2 Å². The van der Waals surface area contributed by atoms with Crippen LogP contribution in [0.5, 0.6) is 0 Å². The first-order chi connectivity index (χ1) is 8.52. The Morgan fingerprint density at radius 2 is 2.00 bits per heavy atom. The molecule has 2 aliphatic heterocycles. The zero-order valence-electron chi connectivity index (χ0n) is 12.7. The fraction of sp³-hybridized carbons (Fsp3) is 1.00.